The molecule has 4 nitrogen and oxygen atoms in total. The van der Waals surface area contributed by atoms with Crippen LogP contribution < -0.4 is 11.1 Å². The molecule has 142 valence electrons. The van der Waals surface area contributed by atoms with Crippen molar-refractivity contribution in [3.63, 3.8) is 0 Å². The van der Waals surface area contributed by atoms with E-state index in [4.69, 9.17) is 5.73 Å². The number of carbonyl (C=O) groups excluding carboxylic acids is 1. The van der Waals surface area contributed by atoms with Gasteiger partial charge in [0, 0.05) is 38.6 Å². The van der Waals surface area contributed by atoms with E-state index in [1.54, 1.807) is 0 Å². The van der Waals surface area contributed by atoms with Crippen molar-refractivity contribution in [2.24, 2.45) is 5.73 Å². The van der Waals surface area contributed by atoms with Crippen LogP contribution in [0.1, 0.15) is 29.2 Å². The maximum atomic E-state index is 12.1. The highest BCUT2D eigenvalue weighted by Crippen LogP contribution is 2.18. The van der Waals surface area contributed by atoms with Crippen molar-refractivity contribution >= 4 is 30.7 Å². The van der Waals surface area contributed by atoms with Crippen LogP contribution in [-0.2, 0) is 17.8 Å². The first-order valence-electron chi connectivity index (χ1n) is 8.59. The number of hydrogen-bond donors (Lipinski definition) is 2. The zero-order chi connectivity index (χ0) is 16.8. The molecule has 0 saturated heterocycles. The molecule has 2 aromatic rings. The molecule has 1 aliphatic rings. The SMILES string of the molecule is Cl.Cl.NC(CC(=O)NCCN1CCc2ccccc2C1)c1ccccc1. The number of nitrogens with two attached hydrogens (primary N) is 1. The lowest BCUT2D eigenvalue weighted by molar-refractivity contribution is -0.121. The number of rotatable bonds is 6. The van der Waals surface area contributed by atoms with E-state index in [-0.39, 0.29) is 36.8 Å². The highest BCUT2D eigenvalue weighted by Gasteiger charge is 2.16. The second-order valence-corrected chi connectivity index (χ2v) is 6.37. The third-order valence-electron chi connectivity index (χ3n) is 4.59. The molecular formula is C20H27Cl2N3O. The number of nitrogens with zero attached hydrogens (tertiary/aromatic N) is 1. The largest absolute Gasteiger partial charge is 0.355 e. The second kappa shape index (κ2) is 11.2. The van der Waals surface area contributed by atoms with E-state index in [2.05, 4.69) is 34.5 Å². The zero-order valence-electron chi connectivity index (χ0n) is 14.8. The van der Waals surface area contributed by atoms with Gasteiger partial charge in [0.2, 0.25) is 5.91 Å². The number of benzene rings is 2. The van der Waals surface area contributed by atoms with E-state index in [0.29, 0.717) is 13.0 Å². The third-order valence-corrected chi connectivity index (χ3v) is 4.59. The van der Waals surface area contributed by atoms with Crippen LogP contribution in [0.4, 0.5) is 0 Å². The number of amides is 1. The van der Waals surface area contributed by atoms with Gasteiger partial charge < -0.3 is 11.1 Å². The molecule has 0 fully saturated rings. The Balaban J connectivity index is 0.00000169. The van der Waals surface area contributed by atoms with E-state index in [1.165, 1.54) is 11.1 Å². The summed E-state index contributed by atoms with van der Waals surface area (Å²) >= 11 is 0. The summed E-state index contributed by atoms with van der Waals surface area (Å²) in [4.78, 5) is 14.4. The molecule has 0 aromatic heterocycles. The molecule has 26 heavy (non-hydrogen) atoms. The van der Waals surface area contributed by atoms with Crippen LogP contribution in [-0.4, -0.2) is 30.4 Å². The van der Waals surface area contributed by atoms with Gasteiger partial charge in [-0.15, -0.1) is 24.8 Å². The number of hydrogen-bond acceptors (Lipinski definition) is 3. The molecule has 0 radical (unpaired) electrons. The summed E-state index contributed by atoms with van der Waals surface area (Å²) in [5.74, 6) is 0.0174. The van der Waals surface area contributed by atoms with Crippen LogP contribution in [0.15, 0.2) is 54.6 Å². The number of halogens is 2. The van der Waals surface area contributed by atoms with Crippen molar-refractivity contribution in [3.05, 3.63) is 71.3 Å². The molecule has 3 N–H and O–H groups in total. The lowest BCUT2D eigenvalue weighted by Crippen LogP contribution is -2.38. The summed E-state index contributed by atoms with van der Waals surface area (Å²) < 4.78 is 0. The summed E-state index contributed by atoms with van der Waals surface area (Å²) in [6.45, 7) is 3.56. The second-order valence-electron chi connectivity index (χ2n) is 6.37. The van der Waals surface area contributed by atoms with E-state index < -0.39 is 0 Å². The van der Waals surface area contributed by atoms with Crippen molar-refractivity contribution in [1.29, 1.82) is 0 Å². The Hall–Kier alpha value is -1.59. The minimum absolute atomic E-state index is 0. The van der Waals surface area contributed by atoms with Crippen molar-refractivity contribution in [1.82, 2.24) is 10.2 Å². The van der Waals surface area contributed by atoms with Gasteiger partial charge in [-0.3, -0.25) is 9.69 Å². The Morgan fingerprint density at radius 3 is 2.42 bits per heavy atom. The minimum Gasteiger partial charge on any atom is -0.355 e. The van der Waals surface area contributed by atoms with Crippen LogP contribution in [0, 0.1) is 0 Å². The summed E-state index contributed by atoms with van der Waals surface area (Å²) in [6.07, 6.45) is 1.41. The van der Waals surface area contributed by atoms with Crippen molar-refractivity contribution in [3.8, 4) is 0 Å². The maximum absolute atomic E-state index is 12.1. The highest BCUT2D eigenvalue weighted by atomic mass is 35.5. The van der Waals surface area contributed by atoms with Crippen molar-refractivity contribution < 1.29 is 4.79 Å². The van der Waals surface area contributed by atoms with Crippen LogP contribution in [0.5, 0.6) is 0 Å². The van der Waals surface area contributed by atoms with Crippen LogP contribution in [0.25, 0.3) is 0 Å². The molecule has 0 saturated carbocycles. The Bertz CT molecular complexity index is 682. The average molecular weight is 396 g/mol. The Morgan fingerprint density at radius 2 is 1.69 bits per heavy atom. The fraction of sp³-hybridized carbons (Fsp3) is 0.350. The fourth-order valence-corrected chi connectivity index (χ4v) is 3.19. The summed E-state index contributed by atoms with van der Waals surface area (Å²) in [6, 6.07) is 18.1. The number of carbonyl (C=O) groups is 1. The smallest absolute Gasteiger partial charge is 0.221 e. The molecule has 0 aliphatic carbocycles. The van der Waals surface area contributed by atoms with Gasteiger partial charge in [-0.25, -0.2) is 0 Å². The molecule has 1 atom stereocenters. The first-order valence-corrected chi connectivity index (χ1v) is 8.59. The summed E-state index contributed by atoms with van der Waals surface area (Å²) in [5, 5.41) is 2.99. The molecule has 2 aromatic carbocycles. The summed E-state index contributed by atoms with van der Waals surface area (Å²) in [5.41, 5.74) is 9.95. The molecule has 1 amide bonds. The topological polar surface area (TPSA) is 58.4 Å². The lowest BCUT2D eigenvalue weighted by atomic mass is 10.00. The van der Waals surface area contributed by atoms with Crippen molar-refractivity contribution in [2.75, 3.05) is 19.6 Å². The minimum atomic E-state index is -0.243. The molecule has 3 rings (SSSR count). The Morgan fingerprint density at radius 1 is 1.04 bits per heavy atom. The first-order chi connectivity index (χ1) is 11.7. The van der Waals surface area contributed by atoms with Gasteiger partial charge in [0.1, 0.15) is 0 Å². The molecular weight excluding hydrogens is 369 g/mol. The Kier molecular flexibility index (Phi) is 9.66. The molecule has 6 heteroatoms. The van der Waals surface area contributed by atoms with Gasteiger partial charge in [-0.05, 0) is 23.1 Å². The van der Waals surface area contributed by atoms with E-state index in [1.807, 2.05) is 30.3 Å². The van der Waals surface area contributed by atoms with Gasteiger partial charge in [0.25, 0.3) is 0 Å². The van der Waals surface area contributed by atoms with Gasteiger partial charge in [0.15, 0.2) is 0 Å². The van der Waals surface area contributed by atoms with E-state index in [9.17, 15) is 4.79 Å². The highest BCUT2D eigenvalue weighted by molar-refractivity contribution is 5.85. The normalized spacial score (nSPS) is 14.3. The van der Waals surface area contributed by atoms with Crippen molar-refractivity contribution in [2.45, 2.75) is 25.4 Å². The Labute approximate surface area is 168 Å². The maximum Gasteiger partial charge on any atom is 0.221 e. The number of fused-ring (bicyclic) bond motifs is 1. The predicted octanol–water partition coefficient (Wildman–Crippen LogP) is 3.09. The molecule has 1 heterocycles. The van der Waals surface area contributed by atoms with E-state index in [0.717, 1.165) is 31.6 Å². The fourth-order valence-electron chi connectivity index (χ4n) is 3.19. The molecule has 0 bridgehead atoms. The average Bonchev–Trinajstić information content (AvgIpc) is 2.62. The van der Waals surface area contributed by atoms with E-state index >= 15 is 0 Å². The third kappa shape index (κ3) is 6.29. The van der Waals surface area contributed by atoms with Crippen LogP contribution >= 0.6 is 24.8 Å². The standard InChI is InChI=1S/C20H25N3O.2ClH/c21-19(17-7-2-1-3-8-17)14-20(24)22-11-13-23-12-10-16-6-4-5-9-18(16)15-23;;/h1-9,19H,10-15,21H2,(H,22,24);2*1H. The number of nitrogens with one attached hydrogen (secondary N) is 1. The van der Waals surface area contributed by atoms with Gasteiger partial charge in [-0.1, -0.05) is 54.6 Å². The molecule has 0 spiro atoms. The quantitative estimate of drug-likeness (QED) is 0.789. The monoisotopic (exact) mass is 395 g/mol. The first kappa shape index (κ1) is 22.5. The van der Waals surface area contributed by atoms with Gasteiger partial charge in [0.05, 0.1) is 0 Å². The van der Waals surface area contributed by atoms with Gasteiger partial charge >= 0.3 is 0 Å². The van der Waals surface area contributed by atoms with Crippen LogP contribution in [0.3, 0.4) is 0 Å². The van der Waals surface area contributed by atoms with Gasteiger partial charge in [-0.2, -0.15) is 0 Å². The lowest BCUT2D eigenvalue weighted by Gasteiger charge is -2.28. The predicted molar refractivity (Wildman–Crippen MR) is 111 cm³/mol. The molecule has 1 unspecified atom stereocenters. The zero-order valence-corrected chi connectivity index (χ0v) is 16.4. The van der Waals surface area contributed by atoms with Crippen LogP contribution in [0.2, 0.25) is 0 Å². The molecule has 1 aliphatic heterocycles. The summed E-state index contributed by atoms with van der Waals surface area (Å²) in [7, 11) is 0.